The molecular weight excluding hydrogens is 263 g/mol. The Morgan fingerprint density at radius 1 is 1.26 bits per heavy atom. The number of pyridine rings is 1. The van der Waals surface area contributed by atoms with Gasteiger partial charge in [-0.2, -0.15) is 0 Å². The summed E-state index contributed by atoms with van der Waals surface area (Å²) in [5.74, 6) is 0.144. The zero-order valence-corrected chi connectivity index (χ0v) is 11.4. The van der Waals surface area contributed by atoms with Gasteiger partial charge in [-0.1, -0.05) is 30.8 Å². The maximum Gasteiger partial charge on any atom is 0.238 e. The molecule has 19 heavy (non-hydrogen) atoms. The van der Waals surface area contributed by atoms with Crippen LogP contribution in [0.15, 0.2) is 46.3 Å². The lowest BCUT2D eigenvalue weighted by Crippen LogP contribution is -2.01. The Hall–Kier alpha value is -1.75. The number of nitrogens with two attached hydrogens (primary N) is 1. The van der Waals surface area contributed by atoms with E-state index in [0.29, 0.717) is 28.1 Å². The van der Waals surface area contributed by atoms with E-state index in [-0.39, 0.29) is 5.82 Å². The van der Waals surface area contributed by atoms with Crippen LogP contribution in [0.25, 0.3) is 0 Å². The molecule has 2 N–H and O–H groups in total. The molecule has 0 radical (unpaired) electrons. The second kappa shape index (κ2) is 6.43. The number of anilines is 1. The third kappa shape index (κ3) is 3.61. The molecule has 0 aliphatic rings. The molecule has 100 valence electrons. The summed E-state index contributed by atoms with van der Waals surface area (Å²) in [6.45, 7) is 2.57. The van der Waals surface area contributed by atoms with Gasteiger partial charge in [0, 0.05) is 4.90 Å². The second-order valence-electron chi connectivity index (χ2n) is 3.92. The number of aromatic nitrogens is 1. The Bertz CT molecular complexity index is 563. The zero-order valence-electron chi connectivity index (χ0n) is 10.6. The van der Waals surface area contributed by atoms with Crippen LogP contribution in [0.3, 0.4) is 0 Å². The van der Waals surface area contributed by atoms with Gasteiger partial charge in [0.25, 0.3) is 0 Å². The van der Waals surface area contributed by atoms with Crippen molar-refractivity contribution >= 4 is 17.4 Å². The second-order valence-corrected chi connectivity index (χ2v) is 4.99. The van der Waals surface area contributed by atoms with E-state index in [1.54, 1.807) is 30.3 Å². The number of hydrogen-bond acceptors (Lipinski definition) is 4. The van der Waals surface area contributed by atoms with Crippen LogP contribution in [0, 0.1) is 5.82 Å². The van der Waals surface area contributed by atoms with Crippen molar-refractivity contribution < 1.29 is 9.13 Å². The molecule has 0 fully saturated rings. The van der Waals surface area contributed by atoms with E-state index >= 15 is 0 Å². The lowest BCUT2D eigenvalue weighted by molar-refractivity contribution is 0.305. The summed E-state index contributed by atoms with van der Waals surface area (Å²) < 4.78 is 19.0. The fourth-order valence-corrected chi connectivity index (χ4v) is 2.25. The van der Waals surface area contributed by atoms with Crippen LogP contribution >= 0.6 is 11.8 Å². The SMILES string of the molecule is CCCOc1nc(Sc2ccccc2F)ccc1N. The molecule has 5 heteroatoms. The van der Waals surface area contributed by atoms with E-state index in [9.17, 15) is 4.39 Å². The lowest BCUT2D eigenvalue weighted by Gasteiger charge is -2.08. The summed E-state index contributed by atoms with van der Waals surface area (Å²) in [5, 5.41) is 0.658. The first-order chi connectivity index (χ1) is 9.20. The number of ether oxygens (including phenoxy) is 1. The fraction of sp³-hybridized carbons (Fsp3) is 0.214. The van der Waals surface area contributed by atoms with Crippen LogP contribution in [0.5, 0.6) is 5.88 Å². The maximum absolute atomic E-state index is 13.6. The first-order valence-corrected chi connectivity index (χ1v) is 6.84. The molecule has 2 rings (SSSR count). The van der Waals surface area contributed by atoms with Crippen molar-refractivity contribution in [3.8, 4) is 5.88 Å². The Morgan fingerprint density at radius 2 is 2.05 bits per heavy atom. The maximum atomic E-state index is 13.6. The third-order valence-electron chi connectivity index (χ3n) is 2.36. The summed E-state index contributed by atoms with van der Waals surface area (Å²) in [5.41, 5.74) is 6.27. The highest BCUT2D eigenvalue weighted by atomic mass is 32.2. The smallest absolute Gasteiger partial charge is 0.238 e. The summed E-state index contributed by atoms with van der Waals surface area (Å²) in [4.78, 5) is 4.82. The summed E-state index contributed by atoms with van der Waals surface area (Å²) in [7, 11) is 0. The first kappa shape index (κ1) is 13.7. The van der Waals surface area contributed by atoms with Crippen LogP contribution in [0.4, 0.5) is 10.1 Å². The third-order valence-corrected chi connectivity index (χ3v) is 3.35. The van der Waals surface area contributed by atoms with Gasteiger partial charge in [0.15, 0.2) is 0 Å². The van der Waals surface area contributed by atoms with E-state index in [4.69, 9.17) is 10.5 Å². The normalized spacial score (nSPS) is 10.4. The van der Waals surface area contributed by atoms with Gasteiger partial charge in [0.2, 0.25) is 5.88 Å². The molecule has 0 bridgehead atoms. The molecule has 0 atom stereocenters. The zero-order chi connectivity index (χ0) is 13.7. The topological polar surface area (TPSA) is 48.1 Å². The Labute approximate surface area is 116 Å². The molecule has 0 amide bonds. The molecule has 3 nitrogen and oxygen atoms in total. The lowest BCUT2D eigenvalue weighted by atomic mass is 10.3. The van der Waals surface area contributed by atoms with E-state index in [1.165, 1.54) is 17.8 Å². The predicted molar refractivity (Wildman–Crippen MR) is 75.0 cm³/mol. The minimum absolute atomic E-state index is 0.262. The molecule has 0 aliphatic heterocycles. The summed E-state index contributed by atoms with van der Waals surface area (Å²) in [6, 6.07) is 10.1. The largest absolute Gasteiger partial charge is 0.476 e. The average molecular weight is 278 g/mol. The first-order valence-electron chi connectivity index (χ1n) is 6.02. The van der Waals surface area contributed by atoms with E-state index in [0.717, 1.165) is 6.42 Å². The van der Waals surface area contributed by atoms with Gasteiger partial charge in [-0.25, -0.2) is 9.37 Å². The number of benzene rings is 1. The molecule has 0 saturated heterocycles. The van der Waals surface area contributed by atoms with E-state index < -0.39 is 0 Å². The van der Waals surface area contributed by atoms with Crippen molar-refractivity contribution in [1.82, 2.24) is 4.98 Å². The highest BCUT2D eigenvalue weighted by Gasteiger charge is 2.08. The summed E-state index contributed by atoms with van der Waals surface area (Å²) >= 11 is 1.25. The average Bonchev–Trinajstić information content (AvgIpc) is 2.42. The Balaban J connectivity index is 2.19. The van der Waals surface area contributed by atoms with Crippen LogP contribution in [0.2, 0.25) is 0 Å². The van der Waals surface area contributed by atoms with Gasteiger partial charge >= 0.3 is 0 Å². The van der Waals surface area contributed by atoms with Gasteiger partial charge in [-0.3, -0.25) is 0 Å². The van der Waals surface area contributed by atoms with E-state index in [1.807, 2.05) is 6.92 Å². The highest BCUT2D eigenvalue weighted by Crippen LogP contribution is 2.31. The fourth-order valence-electron chi connectivity index (χ4n) is 1.45. The monoisotopic (exact) mass is 278 g/mol. The van der Waals surface area contributed by atoms with Crippen molar-refractivity contribution in [2.75, 3.05) is 12.3 Å². The number of hydrogen-bond donors (Lipinski definition) is 1. The van der Waals surface area contributed by atoms with E-state index in [2.05, 4.69) is 4.98 Å². The quantitative estimate of drug-likeness (QED) is 0.905. The van der Waals surface area contributed by atoms with Crippen molar-refractivity contribution in [3.05, 3.63) is 42.2 Å². The summed E-state index contributed by atoms with van der Waals surface area (Å²) in [6.07, 6.45) is 0.881. The van der Waals surface area contributed by atoms with Crippen LogP contribution < -0.4 is 10.5 Å². The number of halogens is 1. The van der Waals surface area contributed by atoms with Gasteiger partial charge in [0.05, 0.1) is 12.3 Å². The van der Waals surface area contributed by atoms with Gasteiger partial charge in [-0.05, 0) is 30.7 Å². The van der Waals surface area contributed by atoms with Crippen molar-refractivity contribution in [3.63, 3.8) is 0 Å². The van der Waals surface area contributed by atoms with Crippen molar-refractivity contribution in [2.24, 2.45) is 0 Å². The molecule has 1 aromatic carbocycles. The number of nitrogen functional groups attached to an aromatic ring is 1. The molecule has 0 aliphatic carbocycles. The van der Waals surface area contributed by atoms with Gasteiger partial charge < -0.3 is 10.5 Å². The molecule has 1 aromatic heterocycles. The predicted octanol–water partition coefficient (Wildman–Crippen LogP) is 3.74. The number of nitrogens with zero attached hydrogens (tertiary/aromatic N) is 1. The highest BCUT2D eigenvalue weighted by molar-refractivity contribution is 7.99. The molecule has 0 saturated carbocycles. The van der Waals surface area contributed by atoms with Crippen LogP contribution in [-0.4, -0.2) is 11.6 Å². The molecule has 1 heterocycles. The molecule has 0 unspecified atom stereocenters. The molecule has 0 spiro atoms. The Morgan fingerprint density at radius 3 is 2.79 bits per heavy atom. The molecular formula is C14H15FN2OS. The molecule has 2 aromatic rings. The van der Waals surface area contributed by atoms with Gasteiger partial charge in [0.1, 0.15) is 10.8 Å². The van der Waals surface area contributed by atoms with Crippen molar-refractivity contribution in [1.29, 1.82) is 0 Å². The van der Waals surface area contributed by atoms with Gasteiger partial charge in [-0.15, -0.1) is 0 Å². The van der Waals surface area contributed by atoms with Crippen LogP contribution in [0.1, 0.15) is 13.3 Å². The minimum Gasteiger partial charge on any atom is -0.476 e. The van der Waals surface area contributed by atoms with Crippen LogP contribution in [-0.2, 0) is 0 Å². The van der Waals surface area contributed by atoms with Crippen molar-refractivity contribution in [2.45, 2.75) is 23.3 Å². The Kier molecular flexibility index (Phi) is 4.63. The minimum atomic E-state index is -0.262. The standard InChI is InChI=1S/C14H15FN2OS/c1-2-9-18-14-11(16)7-8-13(17-14)19-12-6-4-3-5-10(12)15/h3-8H,2,9,16H2,1H3. The number of rotatable bonds is 5.